The molecule has 0 amide bonds. The molecule has 23 heavy (non-hydrogen) atoms. The lowest BCUT2D eigenvalue weighted by molar-refractivity contribution is 0.151. The Morgan fingerprint density at radius 3 is 1.83 bits per heavy atom. The Kier molecular flexibility index (Phi) is 5.86. The first kappa shape index (κ1) is 18.4. The van der Waals surface area contributed by atoms with E-state index < -0.39 is 40.7 Å². The van der Waals surface area contributed by atoms with Crippen molar-refractivity contribution in [3.63, 3.8) is 0 Å². The fraction of sp³-hybridized carbons (Fsp3) is 0.600. The topological polar surface area (TPSA) is 15.3 Å². The van der Waals surface area contributed by atoms with Gasteiger partial charge in [0.15, 0.2) is 23.3 Å². The third-order valence-corrected chi connectivity index (χ3v) is 4.42. The summed E-state index contributed by atoms with van der Waals surface area (Å²) in [5.74, 6) is -8.89. The van der Waals surface area contributed by atoms with E-state index in [0.717, 1.165) is 12.8 Å². The third-order valence-electron chi connectivity index (χ3n) is 4.42. The van der Waals surface area contributed by atoms with Crippen LogP contribution in [-0.2, 0) is 0 Å². The molecule has 1 saturated carbocycles. The van der Waals surface area contributed by atoms with Gasteiger partial charge in [0.2, 0.25) is 5.82 Å². The summed E-state index contributed by atoms with van der Waals surface area (Å²) in [5, 5.41) is 3.11. The zero-order valence-corrected chi connectivity index (χ0v) is 13.2. The highest BCUT2D eigenvalue weighted by atomic mass is 35.5. The molecule has 0 aromatic heterocycles. The van der Waals surface area contributed by atoms with Crippen LogP contribution in [0.4, 0.5) is 22.0 Å². The predicted molar refractivity (Wildman–Crippen MR) is 78.0 cm³/mol. The smallest absolute Gasteiger partial charge is 0.200 e. The predicted octanol–water partition coefficient (Wildman–Crippen LogP) is 3.55. The number of hydrogen-bond donors (Lipinski definition) is 1. The maximum absolute atomic E-state index is 14.1. The molecule has 1 heterocycles. The molecule has 2 fully saturated rings. The lowest BCUT2D eigenvalue weighted by atomic mass is 9.97. The zero-order chi connectivity index (χ0) is 15.9. The summed E-state index contributed by atoms with van der Waals surface area (Å²) in [6.07, 6.45) is 2.31. The van der Waals surface area contributed by atoms with E-state index in [9.17, 15) is 22.0 Å². The van der Waals surface area contributed by atoms with E-state index in [1.165, 1.54) is 0 Å². The van der Waals surface area contributed by atoms with E-state index in [4.69, 9.17) is 0 Å². The van der Waals surface area contributed by atoms with Crippen molar-refractivity contribution in [3.8, 4) is 0 Å². The quantitative estimate of drug-likeness (QED) is 0.504. The first-order valence-corrected chi connectivity index (χ1v) is 7.46. The average molecular weight is 357 g/mol. The van der Waals surface area contributed by atoms with Crippen molar-refractivity contribution < 1.29 is 22.0 Å². The van der Waals surface area contributed by atoms with Crippen molar-refractivity contribution in [2.75, 3.05) is 26.2 Å². The normalized spacial score (nSPS) is 20.2. The number of nitrogens with one attached hydrogen (secondary N) is 1. The minimum absolute atomic E-state index is 0. The van der Waals surface area contributed by atoms with Crippen molar-refractivity contribution in [2.24, 2.45) is 5.92 Å². The van der Waals surface area contributed by atoms with E-state index >= 15 is 0 Å². The molecule has 1 aliphatic heterocycles. The molecular weight excluding hydrogens is 339 g/mol. The highest BCUT2D eigenvalue weighted by Crippen LogP contribution is 2.42. The van der Waals surface area contributed by atoms with Crippen LogP contribution < -0.4 is 5.32 Å². The highest BCUT2D eigenvalue weighted by Gasteiger charge is 2.37. The van der Waals surface area contributed by atoms with E-state index in [2.05, 4.69) is 5.32 Å². The average Bonchev–Trinajstić information content (AvgIpc) is 3.35. The molecule has 1 N–H and O–H groups in total. The maximum Gasteiger partial charge on any atom is 0.200 e. The lowest BCUT2D eigenvalue weighted by Gasteiger charge is -2.35. The van der Waals surface area contributed by atoms with Crippen LogP contribution in [-0.4, -0.2) is 31.1 Å². The first-order valence-electron chi connectivity index (χ1n) is 7.46. The summed E-state index contributed by atoms with van der Waals surface area (Å²) in [6.45, 7) is 2.32. The van der Waals surface area contributed by atoms with Gasteiger partial charge in [-0.15, -0.1) is 12.4 Å². The number of piperazine rings is 1. The first-order chi connectivity index (χ1) is 10.5. The molecule has 1 aliphatic carbocycles. The summed E-state index contributed by atoms with van der Waals surface area (Å²) in [6, 6.07) is -0.765. The Morgan fingerprint density at radius 2 is 1.35 bits per heavy atom. The third kappa shape index (κ3) is 3.61. The van der Waals surface area contributed by atoms with Crippen molar-refractivity contribution >= 4 is 12.4 Å². The fourth-order valence-electron chi connectivity index (χ4n) is 3.03. The van der Waals surface area contributed by atoms with Gasteiger partial charge in [-0.05, 0) is 12.3 Å². The molecule has 0 unspecified atom stereocenters. The van der Waals surface area contributed by atoms with Gasteiger partial charge in [0.1, 0.15) is 0 Å². The largest absolute Gasteiger partial charge is 0.314 e. The summed E-state index contributed by atoms with van der Waals surface area (Å²) in [7, 11) is 0. The summed E-state index contributed by atoms with van der Waals surface area (Å²) in [4.78, 5) is 1.81. The van der Waals surface area contributed by atoms with E-state index in [-0.39, 0.29) is 12.4 Å². The number of rotatable bonds is 4. The Labute approximate surface area is 137 Å². The van der Waals surface area contributed by atoms with Crippen LogP contribution in [0.3, 0.4) is 0 Å². The molecule has 2 aliphatic rings. The molecule has 0 bridgehead atoms. The van der Waals surface area contributed by atoms with Crippen molar-refractivity contribution in [2.45, 2.75) is 25.3 Å². The molecular formula is C15H18ClF5N2. The maximum atomic E-state index is 14.1. The Hall–Kier alpha value is -0.920. The van der Waals surface area contributed by atoms with Gasteiger partial charge in [-0.1, -0.05) is 12.8 Å². The molecule has 130 valence electrons. The molecule has 1 aromatic rings. The Bertz CT molecular complexity index is 544. The number of nitrogens with zero attached hydrogens (tertiary/aromatic N) is 1. The molecule has 8 heteroatoms. The molecule has 3 rings (SSSR count). The zero-order valence-electron chi connectivity index (χ0n) is 12.3. The van der Waals surface area contributed by atoms with Crippen LogP contribution in [0.1, 0.15) is 30.9 Å². The van der Waals surface area contributed by atoms with Crippen LogP contribution in [0.5, 0.6) is 0 Å². The van der Waals surface area contributed by atoms with Gasteiger partial charge in [-0.25, -0.2) is 22.0 Å². The van der Waals surface area contributed by atoms with Crippen molar-refractivity contribution in [1.29, 1.82) is 0 Å². The monoisotopic (exact) mass is 356 g/mol. The van der Waals surface area contributed by atoms with Gasteiger partial charge in [0.05, 0.1) is 0 Å². The van der Waals surface area contributed by atoms with Crippen molar-refractivity contribution in [3.05, 3.63) is 34.6 Å². The van der Waals surface area contributed by atoms with Gasteiger partial charge in [-0.3, -0.25) is 4.90 Å². The second kappa shape index (κ2) is 7.32. The van der Waals surface area contributed by atoms with Gasteiger partial charge in [0, 0.05) is 37.8 Å². The van der Waals surface area contributed by atoms with Crippen LogP contribution >= 0.6 is 12.4 Å². The highest BCUT2D eigenvalue weighted by molar-refractivity contribution is 5.85. The standard InChI is InChI=1S/C15H17F5N2.ClH/c16-11-10(12(17)14(19)15(20)13(11)18)9(7-8-1-2-8)22-5-3-21-4-6-22;/h8-9,21H,1-7H2;1H/t9-;/m1./s1. The van der Waals surface area contributed by atoms with Gasteiger partial charge < -0.3 is 5.32 Å². The minimum atomic E-state index is -2.09. The summed E-state index contributed by atoms with van der Waals surface area (Å²) in [5.41, 5.74) is -0.676. The summed E-state index contributed by atoms with van der Waals surface area (Å²) >= 11 is 0. The Morgan fingerprint density at radius 1 is 0.870 bits per heavy atom. The number of halogens is 6. The molecule has 0 radical (unpaired) electrons. The van der Waals surface area contributed by atoms with E-state index in [1.54, 1.807) is 0 Å². The molecule has 1 aromatic carbocycles. The second-order valence-corrected chi connectivity index (χ2v) is 5.96. The van der Waals surface area contributed by atoms with Gasteiger partial charge in [0.25, 0.3) is 0 Å². The number of hydrogen-bond acceptors (Lipinski definition) is 2. The van der Waals surface area contributed by atoms with E-state index in [0.29, 0.717) is 38.5 Å². The Balaban J connectivity index is 0.00000192. The van der Waals surface area contributed by atoms with E-state index in [1.807, 2.05) is 4.90 Å². The molecule has 0 spiro atoms. The fourth-order valence-corrected chi connectivity index (χ4v) is 3.03. The van der Waals surface area contributed by atoms with Crippen LogP contribution in [0.15, 0.2) is 0 Å². The molecule has 1 saturated heterocycles. The van der Waals surface area contributed by atoms with Crippen molar-refractivity contribution in [1.82, 2.24) is 10.2 Å². The van der Waals surface area contributed by atoms with Crippen LogP contribution in [0.25, 0.3) is 0 Å². The van der Waals surface area contributed by atoms with Crippen LogP contribution in [0, 0.1) is 35.0 Å². The molecule has 2 nitrogen and oxygen atoms in total. The van der Waals surface area contributed by atoms with Gasteiger partial charge >= 0.3 is 0 Å². The SMILES string of the molecule is Cl.Fc1c(F)c(F)c([C@@H](CC2CC2)N2CCNCC2)c(F)c1F. The summed E-state index contributed by atoms with van der Waals surface area (Å²) < 4.78 is 68.4. The second-order valence-electron chi connectivity index (χ2n) is 5.96. The molecule has 1 atom stereocenters. The minimum Gasteiger partial charge on any atom is -0.314 e. The lowest BCUT2D eigenvalue weighted by Crippen LogP contribution is -2.45. The van der Waals surface area contributed by atoms with Gasteiger partial charge in [-0.2, -0.15) is 0 Å². The number of benzene rings is 1. The van der Waals surface area contributed by atoms with Crippen LogP contribution in [0.2, 0.25) is 0 Å².